The molecule has 0 aliphatic rings. The van der Waals surface area contributed by atoms with Crippen LogP contribution in [0.25, 0.3) is 11.5 Å². The fraction of sp³-hybridized carbons (Fsp3) is 0.273. The Balaban J connectivity index is 1.74. The topological polar surface area (TPSA) is 77.2 Å². The normalized spacial score (nSPS) is 12.2. The molecule has 0 atom stereocenters. The zero-order valence-corrected chi connectivity index (χ0v) is 18.7. The summed E-state index contributed by atoms with van der Waals surface area (Å²) in [5, 5.41) is -0.0426. The van der Waals surface area contributed by atoms with E-state index in [0.717, 1.165) is 29.3 Å². The van der Waals surface area contributed by atoms with E-state index < -0.39 is 45.3 Å². The standard InChI is InChI=1S/C22H19ClF3NO4S/c1-13-5-3-4-6-18(13)21-27-20(14(2)31-21)12-32(29,30)11-17(28)10-15-9-16(22(24,25)26)7-8-19(15)23/h3-9H,10-12H2,1-2H3. The van der Waals surface area contributed by atoms with Crippen molar-refractivity contribution in [3.05, 3.63) is 75.6 Å². The lowest BCUT2D eigenvalue weighted by atomic mass is 10.1. The minimum absolute atomic E-state index is 0.0426. The highest BCUT2D eigenvalue weighted by Crippen LogP contribution is 2.32. The second-order valence-corrected chi connectivity index (χ2v) is 9.86. The number of hydrogen-bond donors (Lipinski definition) is 0. The fourth-order valence-electron chi connectivity index (χ4n) is 3.14. The van der Waals surface area contributed by atoms with Crippen molar-refractivity contribution in [3.63, 3.8) is 0 Å². The Kier molecular flexibility index (Phi) is 6.80. The van der Waals surface area contributed by atoms with Crippen molar-refractivity contribution in [2.45, 2.75) is 32.2 Å². The van der Waals surface area contributed by atoms with Crippen molar-refractivity contribution in [2.24, 2.45) is 0 Å². The Morgan fingerprint density at radius 1 is 1.12 bits per heavy atom. The lowest BCUT2D eigenvalue weighted by Crippen LogP contribution is -2.20. The molecule has 3 aromatic rings. The number of benzene rings is 2. The van der Waals surface area contributed by atoms with E-state index >= 15 is 0 Å². The van der Waals surface area contributed by atoms with E-state index in [0.29, 0.717) is 5.76 Å². The lowest BCUT2D eigenvalue weighted by Gasteiger charge is -2.10. The van der Waals surface area contributed by atoms with Crippen LogP contribution in [0.4, 0.5) is 13.2 Å². The number of Topliss-reactive ketones (excluding diaryl/α,β-unsaturated/α-hetero) is 1. The maximum Gasteiger partial charge on any atom is 0.416 e. The predicted octanol–water partition coefficient (Wildman–Crippen LogP) is 5.36. The van der Waals surface area contributed by atoms with E-state index in [-0.39, 0.29) is 22.2 Å². The third kappa shape index (κ3) is 5.77. The summed E-state index contributed by atoms with van der Waals surface area (Å²) in [4.78, 5) is 16.6. The summed E-state index contributed by atoms with van der Waals surface area (Å²) in [5.41, 5.74) is 0.745. The Morgan fingerprint density at radius 2 is 1.81 bits per heavy atom. The molecule has 5 nitrogen and oxygen atoms in total. The number of halogens is 4. The van der Waals surface area contributed by atoms with Gasteiger partial charge >= 0.3 is 6.18 Å². The Morgan fingerprint density at radius 3 is 2.47 bits per heavy atom. The molecule has 0 saturated carbocycles. The van der Waals surface area contributed by atoms with Crippen LogP contribution in [0.15, 0.2) is 46.9 Å². The van der Waals surface area contributed by atoms with Crippen molar-refractivity contribution in [3.8, 4) is 11.5 Å². The van der Waals surface area contributed by atoms with Gasteiger partial charge in [0.05, 0.1) is 17.0 Å². The molecule has 0 aliphatic heterocycles. The summed E-state index contributed by atoms with van der Waals surface area (Å²) in [6, 6.07) is 9.89. The number of ketones is 1. The van der Waals surface area contributed by atoms with Crippen LogP contribution in [0.3, 0.4) is 0 Å². The molecular formula is C22H19ClF3NO4S. The Labute approximate surface area is 188 Å². The summed E-state index contributed by atoms with van der Waals surface area (Å²) in [5.74, 6) is -1.58. The van der Waals surface area contributed by atoms with Crippen LogP contribution in [0.5, 0.6) is 0 Å². The maximum absolute atomic E-state index is 12.9. The number of carbonyl (C=O) groups is 1. The molecule has 10 heteroatoms. The molecule has 170 valence electrons. The first-order valence-electron chi connectivity index (χ1n) is 9.46. The van der Waals surface area contributed by atoms with Gasteiger partial charge in [0.1, 0.15) is 11.5 Å². The molecule has 1 heterocycles. The largest absolute Gasteiger partial charge is 0.441 e. The van der Waals surface area contributed by atoms with Crippen molar-refractivity contribution >= 4 is 27.2 Å². The molecule has 3 rings (SSSR count). The summed E-state index contributed by atoms with van der Waals surface area (Å²) in [6.45, 7) is 3.44. The number of aryl methyl sites for hydroxylation is 2. The number of carbonyl (C=O) groups excluding carboxylic acids is 1. The quantitative estimate of drug-likeness (QED) is 0.450. The van der Waals surface area contributed by atoms with E-state index in [1.54, 1.807) is 19.1 Å². The van der Waals surface area contributed by atoms with Crippen LogP contribution in [-0.4, -0.2) is 24.9 Å². The number of alkyl halides is 3. The molecule has 0 fully saturated rings. The van der Waals surface area contributed by atoms with Crippen molar-refractivity contribution in [2.75, 3.05) is 5.75 Å². The molecule has 0 aliphatic carbocycles. The van der Waals surface area contributed by atoms with Crippen LogP contribution in [0.2, 0.25) is 5.02 Å². The van der Waals surface area contributed by atoms with Crippen molar-refractivity contribution < 1.29 is 30.8 Å². The molecule has 0 spiro atoms. The van der Waals surface area contributed by atoms with Gasteiger partial charge < -0.3 is 4.42 Å². The highest BCUT2D eigenvalue weighted by atomic mass is 35.5. The average Bonchev–Trinajstić information content (AvgIpc) is 3.02. The molecule has 2 aromatic carbocycles. The highest BCUT2D eigenvalue weighted by Gasteiger charge is 2.31. The Hall–Kier alpha value is -2.65. The lowest BCUT2D eigenvalue weighted by molar-refractivity contribution is -0.137. The minimum Gasteiger partial charge on any atom is -0.441 e. The summed E-state index contributed by atoms with van der Waals surface area (Å²) >= 11 is 5.89. The molecule has 1 aromatic heterocycles. The molecular weight excluding hydrogens is 467 g/mol. The fourth-order valence-corrected chi connectivity index (χ4v) is 4.71. The third-order valence-electron chi connectivity index (χ3n) is 4.77. The smallest absolute Gasteiger partial charge is 0.416 e. The van der Waals surface area contributed by atoms with Gasteiger partial charge in [-0.1, -0.05) is 29.8 Å². The zero-order valence-electron chi connectivity index (χ0n) is 17.2. The second kappa shape index (κ2) is 9.07. The van der Waals surface area contributed by atoms with E-state index in [1.807, 2.05) is 19.1 Å². The first-order chi connectivity index (χ1) is 14.9. The van der Waals surface area contributed by atoms with Gasteiger partial charge in [-0.05, 0) is 49.2 Å². The number of aromatic nitrogens is 1. The Bertz CT molecular complexity index is 1270. The van der Waals surface area contributed by atoms with E-state index in [2.05, 4.69) is 4.98 Å². The van der Waals surface area contributed by atoms with Crippen LogP contribution in [0, 0.1) is 13.8 Å². The van der Waals surface area contributed by atoms with Gasteiger partial charge in [0.15, 0.2) is 15.6 Å². The molecule has 0 bridgehead atoms. The molecule has 0 unspecified atom stereocenters. The summed E-state index contributed by atoms with van der Waals surface area (Å²) < 4.78 is 69.4. The third-order valence-corrected chi connectivity index (χ3v) is 6.61. The second-order valence-electron chi connectivity index (χ2n) is 7.39. The summed E-state index contributed by atoms with van der Waals surface area (Å²) in [7, 11) is -3.94. The van der Waals surface area contributed by atoms with Gasteiger partial charge in [0, 0.05) is 17.0 Å². The van der Waals surface area contributed by atoms with Gasteiger partial charge in [0.25, 0.3) is 0 Å². The predicted molar refractivity (Wildman–Crippen MR) is 114 cm³/mol. The number of rotatable bonds is 7. The summed E-state index contributed by atoms with van der Waals surface area (Å²) in [6.07, 6.45) is -5.14. The molecule has 0 saturated heterocycles. The monoisotopic (exact) mass is 485 g/mol. The highest BCUT2D eigenvalue weighted by molar-refractivity contribution is 7.91. The van der Waals surface area contributed by atoms with Crippen molar-refractivity contribution in [1.82, 2.24) is 4.98 Å². The molecule has 0 amide bonds. The minimum atomic E-state index is -4.60. The van der Waals surface area contributed by atoms with E-state index in [4.69, 9.17) is 16.0 Å². The van der Waals surface area contributed by atoms with E-state index in [1.165, 1.54) is 0 Å². The van der Waals surface area contributed by atoms with Crippen LogP contribution in [-0.2, 0) is 33.0 Å². The molecule has 0 N–H and O–H groups in total. The van der Waals surface area contributed by atoms with Gasteiger partial charge in [-0.15, -0.1) is 0 Å². The first kappa shape index (κ1) is 24.0. The molecule has 0 radical (unpaired) electrons. The number of sulfone groups is 1. The molecule has 32 heavy (non-hydrogen) atoms. The van der Waals surface area contributed by atoms with Gasteiger partial charge in [0.2, 0.25) is 5.89 Å². The van der Waals surface area contributed by atoms with Gasteiger partial charge in [-0.25, -0.2) is 13.4 Å². The van der Waals surface area contributed by atoms with Crippen molar-refractivity contribution in [1.29, 1.82) is 0 Å². The maximum atomic E-state index is 12.9. The van der Waals surface area contributed by atoms with Gasteiger partial charge in [-0.2, -0.15) is 13.2 Å². The number of nitrogens with zero attached hydrogens (tertiary/aromatic N) is 1. The number of oxazole rings is 1. The SMILES string of the molecule is Cc1ccccc1-c1nc(CS(=O)(=O)CC(=O)Cc2cc(C(F)(F)F)ccc2Cl)c(C)o1. The van der Waals surface area contributed by atoms with Crippen LogP contribution in [0.1, 0.15) is 28.1 Å². The average molecular weight is 486 g/mol. The van der Waals surface area contributed by atoms with Crippen LogP contribution >= 0.6 is 11.6 Å². The van der Waals surface area contributed by atoms with E-state index in [9.17, 15) is 26.4 Å². The van der Waals surface area contributed by atoms with Crippen LogP contribution < -0.4 is 0 Å². The first-order valence-corrected chi connectivity index (χ1v) is 11.7. The zero-order chi connectivity index (χ0) is 23.7. The van der Waals surface area contributed by atoms with Gasteiger partial charge in [-0.3, -0.25) is 4.79 Å². The number of hydrogen-bond acceptors (Lipinski definition) is 5.